The number of hydrogen-bond acceptors (Lipinski definition) is 3. The van der Waals surface area contributed by atoms with E-state index in [2.05, 4.69) is 0 Å². The smallest absolute Gasteiger partial charge is 0.265 e. The molecule has 0 aliphatic carbocycles. The molecule has 0 atom stereocenters. The molecule has 3 nitrogen and oxygen atoms in total. The first-order valence-corrected chi connectivity index (χ1v) is 8.65. The molecule has 0 fully saturated rings. The summed E-state index contributed by atoms with van der Waals surface area (Å²) in [7, 11) is 1.14. The molecule has 2 aromatic carbocycles. The Balaban J connectivity index is 2.26. The largest absolute Gasteiger partial charge is 0.487 e. The van der Waals surface area contributed by atoms with Crippen LogP contribution in [0.2, 0.25) is 10.0 Å². The molecule has 0 N–H and O–H groups in total. The van der Waals surface area contributed by atoms with E-state index >= 15 is 0 Å². The standard InChI is InChI=1S/C13H8Cl3FO3S/c14-10-3-1-8(5-11(10)15)7-20-12-4-2-9(17)6-13(12)21(16,18)19/h1-6H,7H2. The second-order valence-electron chi connectivity index (χ2n) is 4.07. The fourth-order valence-corrected chi connectivity index (χ4v) is 2.89. The van der Waals surface area contributed by atoms with Gasteiger partial charge in [-0.25, -0.2) is 12.8 Å². The van der Waals surface area contributed by atoms with Crippen molar-refractivity contribution in [2.24, 2.45) is 0 Å². The number of benzene rings is 2. The third kappa shape index (κ3) is 4.23. The molecule has 0 unspecified atom stereocenters. The van der Waals surface area contributed by atoms with Crippen molar-refractivity contribution in [1.29, 1.82) is 0 Å². The molecular weight excluding hydrogens is 362 g/mol. The van der Waals surface area contributed by atoms with Gasteiger partial charge in [-0.3, -0.25) is 0 Å². The zero-order valence-corrected chi connectivity index (χ0v) is 13.4. The van der Waals surface area contributed by atoms with E-state index in [1.54, 1.807) is 18.2 Å². The average Bonchev–Trinajstić information content (AvgIpc) is 2.40. The lowest BCUT2D eigenvalue weighted by Gasteiger charge is -2.10. The summed E-state index contributed by atoms with van der Waals surface area (Å²) >= 11 is 11.7. The van der Waals surface area contributed by atoms with Gasteiger partial charge in [-0.1, -0.05) is 29.3 Å². The van der Waals surface area contributed by atoms with Crippen molar-refractivity contribution in [2.75, 3.05) is 0 Å². The van der Waals surface area contributed by atoms with Gasteiger partial charge in [-0.05, 0) is 35.9 Å². The molecule has 0 aliphatic heterocycles. The van der Waals surface area contributed by atoms with Crippen LogP contribution in [-0.2, 0) is 15.7 Å². The van der Waals surface area contributed by atoms with E-state index in [9.17, 15) is 12.8 Å². The molecule has 21 heavy (non-hydrogen) atoms. The lowest BCUT2D eigenvalue weighted by molar-refractivity contribution is 0.297. The first kappa shape index (κ1) is 16.4. The summed E-state index contributed by atoms with van der Waals surface area (Å²) in [6, 6.07) is 7.92. The van der Waals surface area contributed by atoms with Gasteiger partial charge < -0.3 is 4.74 Å². The van der Waals surface area contributed by atoms with Crippen molar-refractivity contribution in [3.63, 3.8) is 0 Å². The summed E-state index contributed by atoms with van der Waals surface area (Å²) in [4.78, 5) is -0.427. The Morgan fingerprint density at radius 2 is 1.76 bits per heavy atom. The SMILES string of the molecule is O=S(=O)(Cl)c1cc(F)ccc1OCc1ccc(Cl)c(Cl)c1. The maximum Gasteiger partial charge on any atom is 0.265 e. The molecule has 0 amide bonds. The van der Waals surface area contributed by atoms with E-state index < -0.39 is 19.8 Å². The van der Waals surface area contributed by atoms with Crippen molar-refractivity contribution >= 4 is 42.9 Å². The van der Waals surface area contributed by atoms with Crippen LogP contribution in [0.3, 0.4) is 0 Å². The van der Waals surface area contributed by atoms with Gasteiger partial charge in [-0.2, -0.15) is 0 Å². The quantitative estimate of drug-likeness (QED) is 0.737. The molecule has 0 heterocycles. The molecule has 0 saturated carbocycles. The number of rotatable bonds is 4. The summed E-state index contributed by atoms with van der Waals surface area (Å²) < 4.78 is 41.3. The summed E-state index contributed by atoms with van der Waals surface area (Å²) in [5.74, 6) is -0.770. The van der Waals surface area contributed by atoms with Crippen molar-refractivity contribution in [2.45, 2.75) is 11.5 Å². The van der Waals surface area contributed by atoms with Crippen LogP contribution in [0.4, 0.5) is 4.39 Å². The van der Waals surface area contributed by atoms with Gasteiger partial charge in [-0.15, -0.1) is 0 Å². The molecule has 0 saturated heterocycles. The molecular formula is C13H8Cl3FO3S. The first-order chi connectivity index (χ1) is 9.77. The number of ether oxygens (including phenoxy) is 1. The van der Waals surface area contributed by atoms with Crippen LogP contribution >= 0.6 is 33.9 Å². The summed E-state index contributed by atoms with van der Waals surface area (Å²) in [5, 5.41) is 0.744. The molecule has 0 radical (unpaired) electrons. The van der Waals surface area contributed by atoms with Gasteiger partial charge in [0.1, 0.15) is 23.1 Å². The highest BCUT2D eigenvalue weighted by molar-refractivity contribution is 8.13. The summed E-state index contributed by atoms with van der Waals surface area (Å²) in [6.07, 6.45) is 0. The first-order valence-electron chi connectivity index (χ1n) is 5.58. The Kier molecular flexibility index (Phi) is 4.99. The maximum atomic E-state index is 13.1. The Morgan fingerprint density at radius 1 is 1.05 bits per heavy atom. The van der Waals surface area contributed by atoms with Gasteiger partial charge in [0.15, 0.2) is 0 Å². The maximum absolute atomic E-state index is 13.1. The fraction of sp³-hybridized carbons (Fsp3) is 0.0769. The van der Waals surface area contributed by atoms with Gasteiger partial charge in [0.25, 0.3) is 9.05 Å². The van der Waals surface area contributed by atoms with E-state index in [1.165, 1.54) is 6.07 Å². The third-order valence-electron chi connectivity index (χ3n) is 2.55. The summed E-state index contributed by atoms with van der Waals surface area (Å²) in [6.45, 7) is 0.0297. The van der Waals surface area contributed by atoms with Gasteiger partial charge in [0.2, 0.25) is 0 Å². The van der Waals surface area contributed by atoms with E-state index in [4.69, 9.17) is 38.6 Å². The monoisotopic (exact) mass is 368 g/mol. The minimum Gasteiger partial charge on any atom is -0.487 e. The highest BCUT2D eigenvalue weighted by Gasteiger charge is 2.18. The third-order valence-corrected chi connectivity index (χ3v) is 4.63. The molecule has 0 spiro atoms. The van der Waals surface area contributed by atoms with Crippen LogP contribution in [0.25, 0.3) is 0 Å². The minimum atomic E-state index is -4.12. The van der Waals surface area contributed by atoms with Crippen molar-refractivity contribution in [3.05, 3.63) is 57.8 Å². The predicted molar refractivity (Wildman–Crippen MR) is 80.2 cm³/mol. The predicted octanol–water partition coefficient (Wildman–Crippen LogP) is 4.64. The van der Waals surface area contributed by atoms with Crippen molar-refractivity contribution in [3.8, 4) is 5.75 Å². The molecule has 0 aliphatic rings. The Bertz CT molecular complexity index is 778. The Hall–Kier alpha value is -1.01. The van der Waals surface area contributed by atoms with Gasteiger partial charge in [0, 0.05) is 10.7 Å². The molecule has 8 heteroatoms. The second kappa shape index (κ2) is 6.40. The fourth-order valence-electron chi connectivity index (χ4n) is 1.58. The van der Waals surface area contributed by atoms with Crippen molar-refractivity contribution < 1.29 is 17.5 Å². The van der Waals surface area contributed by atoms with E-state index in [1.807, 2.05) is 0 Å². The van der Waals surface area contributed by atoms with Gasteiger partial charge >= 0.3 is 0 Å². The molecule has 2 rings (SSSR count). The lowest BCUT2D eigenvalue weighted by Crippen LogP contribution is -2.01. The zero-order chi connectivity index (χ0) is 15.6. The number of hydrogen-bond donors (Lipinski definition) is 0. The topological polar surface area (TPSA) is 43.4 Å². The van der Waals surface area contributed by atoms with Crippen LogP contribution in [0.5, 0.6) is 5.75 Å². The molecule has 0 aromatic heterocycles. The van der Waals surface area contributed by atoms with E-state index in [-0.39, 0.29) is 12.4 Å². The van der Waals surface area contributed by atoms with Crippen molar-refractivity contribution in [1.82, 2.24) is 0 Å². The minimum absolute atomic E-state index is 0.0297. The lowest BCUT2D eigenvalue weighted by atomic mass is 10.2. The zero-order valence-electron chi connectivity index (χ0n) is 10.3. The van der Waals surface area contributed by atoms with Crippen LogP contribution in [0, 0.1) is 5.82 Å². The van der Waals surface area contributed by atoms with E-state index in [0.717, 1.165) is 12.1 Å². The van der Waals surface area contributed by atoms with Crippen LogP contribution in [0.15, 0.2) is 41.3 Å². The number of halogens is 4. The van der Waals surface area contributed by atoms with Crippen LogP contribution in [0.1, 0.15) is 5.56 Å². The normalized spacial score (nSPS) is 11.4. The highest BCUT2D eigenvalue weighted by atomic mass is 35.7. The second-order valence-corrected chi connectivity index (χ2v) is 7.41. The molecule has 2 aromatic rings. The van der Waals surface area contributed by atoms with Gasteiger partial charge in [0.05, 0.1) is 10.0 Å². The van der Waals surface area contributed by atoms with Crippen LogP contribution < -0.4 is 4.74 Å². The van der Waals surface area contributed by atoms with E-state index in [0.29, 0.717) is 15.6 Å². The Morgan fingerprint density at radius 3 is 2.38 bits per heavy atom. The molecule has 0 bridgehead atoms. The molecule has 112 valence electrons. The highest BCUT2D eigenvalue weighted by Crippen LogP contribution is 2.29. The Labute approximate surface area is 135 Å². The average molecular weight is 370 g/mol. The summed E-state index contributed by atoms with van der Waals surface area (Å²) in [5.41, 5.74) is 0.673. The van der Waals surface area contributed by atoms with Crippen LogP contribution in [-0.4, -0.2) is 8.42 Å².